The third-order valence-corrected chi connectivity index (χ3v) is 734. The van der Waals surface area contributed by atoms with Gasteiger partial charge in [0, 0.05) is 53.1 Å². The van der Waals surface area contributed by atoms with Crippen molar-refractivity contribution in [3.8, 4) is 0 Å². The van der Waals surface area contributed by atoms with E-state index in [9.17, 15) is 0 Å². The molecule has 6 fully saturated rings. The van der Waals surface area contributed by atoms with Crippen LogP contribution in [0, 0.1) is 0 Å². The second-order valence-electron chi connectivity index (χ2n) is 32.8. The second kappa shape index (κ2) is 11.5. The van der Waals surface area contributed by atoms with Crippen LogP contribution in [0.25, 0.3) is 0 Å². The topological polar surface area (TPSA) is 0 Å². The van der Waals surface area contributed by atoms with E-state index in [0.717, 1.165) is 0 Å². The lowest BCUT2D eigenvalue weighted by Crippen LogP contribution is -3.73. The quantitative estimate of drug-likeness (QED) is 0.223. The first-order valence-corrected chi connectivity index (χ1v) is 79.5. The van der Waals surface area contributed by atoms with Crippen LogP contribution in [-0.4, -0.2) is 103 Å². The standard InChI is InChI=1S/C42H105Si15/c1-36(2,3)44(22,23)51-43-52(45(24,25)37(4,5)6)54(51,47(28,29)39(10,11)12)57(50(34,35)42(19,20)21)55(51,48(30,31)40(13,14)15)53(43,46(26,27)38(7,8)9)56(52,57)49(32,33)41(16,17)18/h1-35H3/q-1. The van der Waals surface area contributed by atoms with Gasteiger partial charge in [-0.1, -0.05) is 237 Å². The minimum atomic E-state index is -1.75. The molecule has 6 aliphatic rings. The molecule has 0 amide bonds. The fraction of sp³-hybridized carbons (Fsp3) is 1.00. The molecule has 0 unspecified atom stereocenters. The summed E-state index contributed by atoms with van der Waals surface area (Å²) in [6.45, 7) is 109. The van der Waals surface area contributed by atoms with Crippen LogP contribution in [0.1, 0.15) is 145 Å². The van der Waals surface area contributed by atoms with Crippen molar-refractivity contribution < 1.29 is 0 Å². The lowest BCUT2D eigenvalue weighted by atomic mass is 10.2. The van der Waals surface area contributed by atoms with Crippen molar-refractivity contribution in [3.05, 3.63) is 0 Å². The van der Waals surface area contributed by atoms with Gasteiger partial charge in [-0.15, -0.1) is 18.4 Å². The summed E-state index contributed by atoms with van der Waals surface area (Å²) in [4.78, 5) is 0. The van der Waals surface area contributed by atoms with Crippen LogP contribution in [-0.2, 0) is 0 Å². The van der Waals surface area contributed by atoms with Gasteiger partial charge in [0.25, 0.3) is 0 Å². The van der Waals surface area contributed by atoms with Crippen molar-refractivity contribution in [2.75, 3.05) is 0 Å². The van der Waals surface area contributed by atoms with Crippen molar-refractivity contribution in [1.29, 1.82) is 0 Å². The number of hydrogen-bond donors (Lipinski definition) is 0. The predicted molar refractivity (Wildman–Crippen MR) is 306 cm³/mol. The van der Waals surface area contributed by atoms with E-state index in [1.807, 2.05) is 0 Å². The lowest BCUT2D eigenvalue weighted by Gasteiger charge is -3.45. The minimum absolute atomic E-state index is 0.229. The van der Waals surface area contributed by atoms with E-state index in [0.29, 0.717) is 35.3 Å². The van der Waals surface area contributed by atoms with E-state index in [1.54, 1.807) is 0 Å². The van der Waals surface area contributed by atoms with Gasteiger partial charge in [0.1, 0.15) is 0 Å². The fourth-order valence-electron chi connectivity index (χ4n) is 19.1. The molecular weight excluding hydrogens is 926 g/mol. The number of rotatable bonds is 7. The summed E-state index contributed by atoms with van der Waals surface area (Å²) in [5.41, 5.74) is 0. The summed E-state index contributed by atoms with van der Waals surface area (Å²) in [5.74, 6) is 0. The Morgan fingerprint density at radius 3 is 0.456 bits per heavy atom. The molecule has 6 aliphatic heterocycles. The molecule has 334 valence electrons. The van der Waals surface area contributed by atoms with Gasteiger partial charge < -0.3 is 0 Å². The highest BCUT2D eigenvalue weighted by molar-refractivity contribution is 9.08. The van der Waals surface area contributed by atoms with Crippen molar-refractivity contribution >= 4 is 103 Å². The van der Waals surface area contributed by atoms with Gasteiger partial charge in [0.2, 0.25) is 0 Å². The molecule has 6 heterocycles. The summed E-state index contributed by atoms with van der Waals surface area (Å²) in [7, 11) is -12.1. The molecule has 0 radical (unpaired) electrons. The molecule has 0 aromatic heterocycles. The minimum Gasteiger partial charge on any atom is -0.275 e. The molecule has 0 atom stereocenters. The molecule has 0 aromatic rings. The Hall–Kier alpha value is 3.25. The van der Waals surface area contributed by atoms with Crippen molar-refractivity contribution in [2.45, 2.75) is 272 Å². The van der Waals surface area contributed by atoms with Crippen molar-refractivity contribution in [2.24, 2.45) is 0 Å². The monoisotopic (exact) mass is 1030 g/mol. The molecule has 0 aromatic carbocycles. The van der Waals surface area contributed by atoms with E-state index in [2.05, 4.69) is 237 Å². The molecule has 15 heteroatoms. The summed E-state index contributed by atoms with van der Waals surface area (Å²) in [5, 5.41) is 3.95. The zero-order valence-corrected chi connectivity index (χ0v) is 61.0. The Morgan fingerprint density at radius 1 is 0.211 bits per heavy atom. The van der Waals surface area contributed by atoms with Crippen LogP contribution in [0.5, 0.6) is 0 Å². The van der Waals surface area contributed by atoms with Crippen molar-refractivity contribution in [3.63, 3.8) is 0 Å². The van der Waals surface area contributed by atoms with E-state index >= 15 is 0 Å². The smallest absolute Gasteiger partial charge is 0.0369 e. The van der Waals surface area contributed by atoms with Gasteiger partial charge in [-0.25, -0.2) is 0 Å². The highest BCUT2D eigenvalue weighted by Gasteiger charge is 3.32. The average molecular weight is 1030 g/mol. The average Bonchev–Trinajstić information content (AvgIpc) is 2.90. The molecule has 0 aliphatic carbocycles. The van der Waals surface area contributed by atoms with Crippen molar-refractivity contribution in [1.82, 2.24) is 0 Å². The zero-order valence-electron chi connectivity index (χ0n) is 46.0. The van der Waals surface area contributed by atoms with Gasteiger partial charge >= 0.3 is 0 Å². The highest BCUT2D eigenvalue weighted by atomic mass is 31.4. The Morgan fingerprint density at radius 2 is 0.333 bits per heavy atom. The molecule has 0 nitrogen and oxygen atoms in total. The second-order valence-corrected chi connectivity index (χ2v) is 238. The lowest BCUT2D eigenvalue weighted by molar-refractivity contribution is 0.726. The zero-order chi connectivity index (χ0) is 46.1. The van der Waals surface area contributed by atoms with E-state index in [-0.39, 0.29) is 7.35 Å². The molecule has 57 heavy (non-hydrogen) atoms. The Balaban J connectivity index is 2.44. The van der Waals surface area contributed by atoms with Crippen LogP contribution in [0.15, 0.2) is 0 Å². The van der Waals surface area contributed by atoms with Gasteiger partial charge in [0.05, 0.1) is 0 Å². The van der Waals surface area contributed by atoms with Crippen LogP contribution >= 0.6 is 0 Å². The maximum atomic E-state index is 3.36. The SMILES string of the molecule is CC(C)(C)[Si](C)(C)[Si]12[Si-]3[Si]4([Si](C)(C)C(C)(C)C)[Si]1([Si](C)(C)C(C)(C)C)[Si]1([Si](C)(C)C(C)(C)C)[Si]2([Si](C)(C)C(C)(C)C)[Si]3([Si](C)(C)C(C)(C)C)[Si]41[Si](C)(C)C(C)(C)C. The van der Waals surface area contributed by atoms with Gasteiger partial charge in [-0.2, -0.15) is 0 Å². The van der Waals surface area contributed by atoms with E-state index in [4.69, 9.17) is 0 Å². The summed E-state index contributed by atoms with van der Waals surface area (Å²) in [6.07, 6.45) is -11.2. The molecule has 0 bridgehead atoms. The van der Waals surface area contributed by atoms with Crippen LogP contribution < -0.4 is 0 Å². The number of hydrogen-bond acceptors (Lipinski definition) is 0. The Kier molecular flexibility index (Phi) is 10.3. The summed E-state index contributed by atoms with van der Waals surface area (Å²) >= 11 is 0. The molecule has 6 saturated heterocycles. The predicted octanol–water partition coefficient (Wildman–Crippen LogP) is 14.7. The first kappa shape index (κ1) is 51.2. The normalized spacial score (nSPS) is 38.2. The van der Waals surface area contributed by atoms with E-state index < -0.39 is 96.1 Å². The van der Waals surface area contributed by atoms with E-state index in [1.165, 1.54) is 0 Å². The van der Waals surface area contributed by atoms with Gasteiger partial charge in [-0.05, 0) is 59.8 Å². The first-order valence-electron chi connectivity index (χ1n) is 24.0. The van der Waals surface area contributed by atoms with Crippen LogP contribution in [0.4, 0.5) is 0 Å². The maximum absolute atomic E-state index is 3.36. The van der Waals surface area contributed by atoms with Gasteiger partial charge in [-0.3, -0.25) is 7.35 Å². The molecule has 0 saturated carbocycles. The summed E-state index contributed by atoms with van der Waals surface area (Å²) in [6, 6.07) is 0. The first-order chi connectivity index (χ1) is 24.1. The molecule has 0 spiro atoms. The third kappa shape index (κ3) is 3.73. The highest BCUT2D eigenvalue weighted by Crippen LogP contribution is 3.06. The van der Waals surface area contributed by atoms with Gasteiger partial charge in [0.15, 0.2) is 0 Å². The fourth-order valence-corrected chi connectivity index (χ4v) is 2220. The molecule has 6 rings (SSSR count). The Bertz CT molecular complexity index is 1550. The largest absolute Gasteiger partial charge is 0.275 e. The molecular formula is C42H105Si15-. The molecule has 0 N–H and O–H groups in total. The Labute approximate surface area is 372 Å². The maximum Gasteiger partial charge on any atom is 0.0369 e. The summed E-state index contributed by atoms with van der Waals surface area (Å²) < 4.78 is 0. The van der Waals surface area contributed by atoms with Crippen LogP contribution in [0.2, 0.25) is 127 Å². The third-order valence-electron chi connectivity index (χ3n) is 25.9. The van der Waals surface area contributed by atoms with Crippen LogP contribution in [0.3, 0.4) is 0 Å².